The van der Waals surface area contributed by atoms with Crippen LogP contribution in [0.4, 0.5) is 8.78 Å². The molecular weight excluding hydrogens is 278 g/mol. The van der Waals surface area contributed by atoms with Gasteiger partial charge in [-0.25, -0.2) is 14.2 Å². The first kappa shape index (κ1) is 13.8. The van der Waals surface area contributed by atoms with Gasteiger partial charge in [-0.2, -0.15) is 0 Å². The van der Waals surface area contributed by atoms with Crippen molar-refractivity contribution in [3.8, 4) is 11.5 Å². The lowest BCUT2D eigenvalue weighted by molar-refractivity contribution is 0.169. The molecule has 3 rings (SSSR count). The monoisotopic (exact) mass is 292 g/mol. The van der Waals surface area contributed by atoms with Gasteiger partial charge in [0.05, 0.1) is 6.04 Å². The Morgan fingerprint density at radius 3 is 2.62 bits per heavy atom. The molecule has 1 aliphatic rings. The van der Waals surface area contributed by atoms with Crippen molar-refractivity contribution in [1.29, 1.82) is 0 Å². The van der Waals surface area contributed by atoms with Crippen molar-refractivity contribution >= 4 is 0 Å². The number of benzene rings is 2. The number of nitrogens with two attached hydrogens (primary N) is 1. The summed E-state index contributed by atoms with van der Waals surface area (Å²) in [7, 11) is 0. The van der Waals surface area contributed by atoms with Gasteiger partial charge in [-0.1, -0.05) is 18.2 Å². The molecule has 0 spiro atoms. The Morgan fingerprint density at radius 2 is 1.86 bits per heavy atom. The van der Waals surface area contributed by atoms with Gasteiger partial charge in [0.15, 0.2) is 11.5 Å². The zero-order valence-electron chi connectivity index (χ0n) is 11.1. The fourth-order valence-corrected chi connectivity index (χ4v) is 2.41. The van der Waals surface area contributed by atoms with Gasteiger partial charge in [0.25, 0.3) is 0 Å². The van der Waals surface area contributed by atoms with Gasteiger partial charge in [-0.3, -0.25) is 5.84 Å². The summed E-state index contributed by atoms with van der Waals surface area (Å²) in [6, 6.07) is 8.02. The molecule has 1 atom stereocenters. The summed E-state index contributed by atoms with van der Waals surface area (Å²) in [6.07, 6.45) is 0. The first-order valence-corrected chi connectivity index (χ1v) is 6.50. The number of hydrazine groups is 1. The molecule has 2 aromatic carbocycles. The molecule has 21 heavy (non-hydrogen) atoms. The highest BCUT2D eigenvalue weighted by Gasteiger charge is 2.24. The summed E-state index contributed by atoms with van der Waals surface area (Å²) < 4.78 is 38.2. The van der Waals surface area contributed by atoms with Crippen molar-refractivity contribution in [2.24, 2.45) is 5.84 Å². The predicted molar refractivity (Wildman–Crippen MR) is 73.0 cm³/mol. The first-order valence-electron chi connectivity index (χ1n) is 6.50. The summed E-state index contributed by atoms with van der Waals surface area (Å²) >= 11 is 0. The molecule has 1 unspecified atom stereocenters. The third-order valence-electron chi connectivity index (χ3n) is 3.35. The van der Waals surface area contributed by atoms with Crippen LogP contribution in [0.3, 0.4) is 0 Å². The molecule has 6 heteroatoms. The van der Waals surface area contributed by atoms with E-state index in [0.717, 1.165) is 6.07 Å². The molecule has 0 fully saturated rings. The first-order chi connectivity index (χ1) is 10.2. The lowest BCUT2D eigenvalue weighted by atomic mass is 9.97. The van der Waals surface area contributed by atoms with E-state index in [9.17, 15) is 8.78 Å². The van der Waals surface area contributed by atoms with Crippen molar-refractivity contribution in [2.45, 2.75) is 6.04 Å². The second kappa shape index (κ2) is 5.67. The van der Waals surface area contributed by atoms with Gasteiger partial charge in [-0.05, 0) is 12.1 Å². The Morgan fingerprint density at radius 1 is 1.05 bits per heavy atom. The lowest BCUT2D eigenvalue weighted by Crippen LogP contribution is -2.30. The number of para-hydroxylation sites is 1. The average Bonchev–Trinajstić information content (AvgIpc) is 2.50. The fourth-order valence-electron chi connectivity index (χ4n) is 2.41. The van der Waals surface area contributed by atoms with Crippen LogP contribution in [0.25, 0.3) is 0 Å². The second-order valence-corrected chi connectivity index (χ2v) is 4.64. The highest BCUT2D eigenvalue weighted by molar-refractivity contribution is 5.51. The fraction of sp³-hybridized carbons (Fsp3) is 0.200. The minimum atomic E-state index is -0.674. The van der Waals surface area contributed by atoms with Gasteiger partial charge in [0.1, 0.15) is 24.8 Å². The standard InChI is InChI=1S/C15H14F2N2O2/c16-9-4-5-10(12(17)8-9)14(19-18)11-2-1-3-13-15(11)21-7-6-20-13/h1-5,8,14,19H,6-7,18H2. The van der Waals surface area contributed by atoms with Crippen LogP contribution < -0.4 is 20.7 Å². The van der Waals surface area contributed by atoms with E-state index in [1.165, 1.54) is 12.1 Å². The normalized spacial score (nSPS) is 14.8. The van der Waals surface area contributed by atoms with Crippen molar-refractivity contribution in [2.75, 3.05) is 13.2 Å². The van der Waals surface area contributed by atoms with Gasteiger partial charge >= 0.3 is 0 Å². The van der Waals surface area contributed by atoms with Crippen LogP contribution in [0.15, 0.2) is 36.4 Å². The Balaban J connectivity index is 2.08. The molecule has 1 heterocycles. The molecule has 0 bridgehead atoms. The van der Waals surface area contributed by atoms with Crippen LogP contribution >= 0.6 is 0 Å². The van der Waals surface area contributed by atoms with Gasteiger partial charge in [0.2, 0.25) is 0 Å². The van der Waals surface area contributed by atoms with Crippen LogP contribution in [0.2, 0.25) is 0 Å². The molecule has 4 nitrogen and oxygen atoms in total. The predicted octanol–water partition coefficient (Wildman–Crippen LogP) is 2.29. The highest BCUT2D eigenvalue weighted by Crippen LogP contribution is 2.39. The summed E-state index contributed by atoms with van der Waals surface area (Å²) in [6.45, 7) is 0.870. The third kappa shape index (κ3) is 2.55. The Hall–Kier alpha value is -2.18. The van der Waals surface area contributed by atoms with Crippen molar-refractivity contribution in [3.63, 3.8) is 0 Å². The van der Waals surface area contributed by atoms with E-state index in [2.05, 4.69) is 5.43 Å². The molecule has 0 aromatic heterocycles. The smallest absolute Gasteiger partial charge is 0.166 e. The SMILES string of the molecule is NNC(c1ccc(F)cc1F)c1cccc2c1OCCO2. The molecule has 110 valence electrons. The number of fused-ring (bicyclic) bond motifs is 1. The van der Waals surface area contributed by atoms with Crippen LogP contribution in [0, 0.1) is 11.6 Å². The molecule has 0 saturated heterocycles. The van der Waals surface area contributed by atoms with Crippen LogP contribution in [0.5, 0.6) is 11.5 Å². The maximum Gasteiger partial charge on any atom is 0.166 e. The van der Waals surface area contributed by atoms with E-state index in [4.69, 9.17) is 15.3 Å². The van der Waals surface area contributed by atoms with Gasteiger partial charge in [-0.15, -0.1) is 0 Å². The van der Waals surface area contributed by atoms with E-state index >= 15 is 0 Å². The summed E-state index contributed by atoms with van der Waals surface area (Å²) in [5.74, 6) is 5.37. The van der Waals surface area contributed by atoms with E-state index in [-0.39, 0.29) is 5.56 Å². The van der Waals surface area contributed by atoms with E-state index in [1.54, 1.807) is 18.2 Å². The number of rotatable bonds is 3. The average molecular weight is 292 g/mol. The molecule has 1 aliphatic heterocycles. The number of hydrogen-bond donors (Lipinski definition) is 2. The van der Waals surface area contributed by atoms with E-state index < -0.39 is 17.7 Å². The molecular formula is C15H14F2N2O2. The van der Waals surface area contributed by atoms with Crippen molar-refractivity contribution in [1.82, 2.24) is 5.43 Å². The summed E-state index contributed by atoms with van der Waals surface area (Å²) in [4.78, 5) is 0. The molecule has 0 aliphatic carbocycles. The molecule has 3 N–H and O–H groups in total. The van der Waals surface area contributed by atoms with Crippen LogP contribution in [-0.2, 0) is 0 Å². The van der Waals surface area contributed by atoms with Gasteiger partial charge < -0.3 is 9.47 Å². The number of halogens is 2. The van der Waals surface area contributed by atoms with Crippen LogP contribution in [-0.4, -0.2) is 13.2 Å². The third-order valence-corrected chi connectivity index (χ3v) is 3.35. The summed E-state index contributed by atoms with van der Waals surface area (Å²) in [5.41, 5.74) is 3.42. The molecule has 0 amide bonds. The molecule has 0 radical (unpaired) electrons. The second-order valence-electron chi connectivity index (χ2n) is 4.64. The Bertz CT molecular complexity index is 664. The van der Waals surface area contributed by atoms with E-state index in [1.807, 2.05) is 0 Å². The number of ether oxygens (including phenoxy) is 2. The zero-order chi connectivity index (χ0) is 14.8. The molecule has 2 aromatic rings. The molecule has 0 saturated carbocycles. The maximum atomic E-state index is 14.0. The summed E-state index contributed by atoms with van der Waals surface area (Å²) in [5, 5.41) is 0. The number of nitrogens with one attached hydrogen (secondary N) is 1. The van der Waals surface area contributed by atoms with Crippen molar-refractivity contribution in [3.05, 3.63) is 59.2 Å². The Labute approximate surface area is 120 Å². The van der Waals surface area contributed by atoms with Gasteiger partial charge in [0, 0.05) is 17.2 Å². The minimum Gasteiger partial charge on any atom is -0.486 e. The topological polar surface area (TPSA) is 56.5 Å². The van der Waals surface area contributed by atoms with Crippen molar-refractivity contribution < 1.29 is 18.3 Å². The highest BCUT2D eigenvalue weighted by atomic mass is 19.1. The largest absolute Gasteiger partial charge is 0.486 e. The quantitative estimate of drug-likeness (QED) is 0.673. The number of hydrogen-bond acceptors (Lipinski definition) is 4. The maximum absolute atomic E-state index is 14.0. The zero-order valence-corrected chi connectivity index (χ0v) is 11.1. The minimum absolute atomic E-state index is 0.237. The Kier molecular flexibility index (Phi) is 3.72. The lowest BCUT2D eigenvalue weighted by Gasteiger charge is -2.25. The van der Waals surface area contributed by atoms with Crippen LogP contribution in [0.1, 0.15) is 17.2 Å². The van der Waals surface area contributed by atoms with E-state index in [0.29, 0.717) is 30.3 Å².